The lowest BCUT2D eigenvalue weighted by Crippen LogP contribution is -2.37. The first-order chi connectivity index (χ1) is 18.8. The summed E-state index contributed by atoms with van der Waals surface area (Å²) in [6.45, 7) is 3.77. The van der Waals surface area contributed by atoms with Crippen molar-refractivity contribution in [1.29, 1.82) is 0 Å². The molecule has 204 valence electrons. The van der Waals surface area contributed by atoms with Crippen molar-refractivity contribution in [3.63, 3.8) is 0 Å². The topological polar surface area (TPSA) is 105 Å². The SMILES string of the molecule is C[C@@H]1CCCC[C@@]1(O)C#Cc1cc(CC2CCOCC2)cc2c(O)c(C(=O)NCc3ccc(Cl)cc3)nnc12. The first-order valence-corrected chi connectivity index (χ1v) is 14.1. The zero-order chi connectivity index (χ0) is 27.4. The number of nitrogens with zero attached hydrogens (tertiary/aromatic N) is 2. The van der Waals surface area contributed by atoms with Gasteiger partial charge in [0, 0.05) is 30.2 Å². The molecule has 2 fully saturated rings. The molecule has 3 aromatic rings. The number of hydrogen-bond acceptors (Lipinski definition) is 6. The Balaban J connectivity index is 1.49. The number of carbonyl (C=O) groups is 1. The van der Waals surface area contributed by atoms with Crippen molar-refractivity contribution in [1.82, 2.24) is 15.5 Å². The van der Waals surface area contributed by atoms with Crippen molar-refractivity contribution in [2.75, 3.05) is 13.2 Å². The van der Waals surface area contributed by atoms with Gasteiger partial charge in [0.05, 0.1) is 5.56 Å². The maximum atomic E-state index is 13.0. The highest BCUT2D eigenvalue weighted by molar-refractivity contribution is 6.30. The van der Waals surface area contributed by atoms with Crippen LogP contribution in [0.5, 0.6) is 5.75 Å². The van der Waals surface area contributed by atoms with Crippen LogP contribution in [0.25, 0.3) is 10.9 Å². The number of aromatic hydroxyl groups is 1. The van der Waals surface area contributed by atoms with Gasteiger partial charge in [0.1, 0.15) is 11.1 Å². The van der Waals surface area contributed by atoms with Crippen molar-refractivity contribution < 1.29 is 19.7 Å². The number of amides is 1. The van der Waals surface area contributed by atoms with Gasteiger partial charge in [-0.25, -0.2) is 0 Å². The van der Waals surface area contributed by atoms with Gasteiger partial charge in [-0.3, -0.25) is 4.79 Å². The molecule has 8 heteroatoms. The maximum Gasteiger partial charge on any atom is 0.275 e. The monoisotopic (exact) mass is 547 g/mol. The second kappa shape index (κ2) is 11.9. The van der Waals surface area contributed by atoms with Crippen LogP contribution in [0.3, 0.4) is 0 Å². The lowest BCUT2D eigenvalue weighted by molar-refractivity contribution is 0.0126. The Labute approximate surface area is 233 Å². The second-order valence-corrected chi connectivity index (χ2v) is 11.3. The molecule has 0 unspecified atom stereocenters. The standard InChI is InChI=1S/C31H34ClN3O4/c1-20-4-2-3-12-31(20,38)13-9-24-17-23(16-21-10-14-39-15-11-21)18-26-27(24)34-35-28(29(26)36)30(37)33-19-22-5-7-25(32)8-6-22/h5-8,17-18,20-21,38H,2-4,10-12,14-16,19H2,1H3,(H,33,37)(H,34,36)/t20-,31-/m1/s1. The summed E-state index contributed by atoms with van der Waals surface area (Å²) in [4.78, 5) is 13.0. The van der Waals surface area contributed by atoms with Crippen LogP contribution in [0.15, 0.2) is 36.4 Å². The number of ether oxygens (including phenoxy) is 1. The normalized spacial score (nSPS) is 21.8. The van der Waals surface area contributed by atoms with E-state index in [1.807, 2.05) is 31.2 Å². The van der Waals surface area contributed by atoms with E-state index in [1.54, 1.807) is 12.1 Å². The molecule has 2 aliphatic rings. The number of rotatable bonds is 5. The van der Waals surface area contributed by atoms with E-state index in [0.717, 1.165) is 62.9 Å². The number of hydrogen-bond donors (Lipinski definition) is 3. The number of fused-ring (bicyclic) bond motifs is 1. The fraction of sp³-hybridized carbons (Fsp3) is 0.452. The number of aliphatic hydroxyl groups is 1. The molecular formula is C31H34ClN3O4. The molecule has 2 atom stereocenters. The highest BCUT2D eigenvalue weighted by Crippen LogP contribution is 2.34. The second-order valence-electron chi connectivity index (χ2n) is 10.8. The Hall–Kier alpha value is -3.18. The van der Waals surface area contributed by atoms with Gasteiger partial charge >= 0.3 is 0 Å². The number of benzene rings is 2. The largest absolute Gasteiger partial charge is 0.505 e. The fourth-order valence-corrected chi connectivity index (χ4v) is 5.59. The Bertz CT molecular complexity index is 1410. The molecule has 1 aromatic heterocycles. The number of carbonyl (C=O) groups excluding carboxylic acids is 1. The molecule has 5 rings (SSSR count). The van der Waals surface area contributed by atoms with Crippen molar-refractivity contribution in [3.05, 3.63) is 63.8 Å². The molecule has 1 amide bonds. The minimum absolute atomic E-state index is 0.0749. The first-order valence-electron chi connectivity index (χ1n) is 13.7. The van der Waals surface area contributed by atoms with Crippen molar-refractivity contribution in [2.24, 2.45) is 11.8 Å². The summed E-state index contributed by atoms with van der Waals surface area (Å²) >= 11 is 5.95. The number of nitrogens with one attached hydrogen (secondary N) is 1. The predicted molar refractivity (Wildman–Crippen MR) is 151 cm³/mol. The van der Waals surface area contributed by atoms with E-state index in [0.29, 0.717) is 33.8 Å². The van der Waals surface area contributed by atoms with Crippen LogP contribution < -0.4 is 5.32 Å². The minimum Gasteiger partial charge on any atom is -0.505 e. The lowest BCUT2D eigenvalue weighted by atomic mass is 9.77. The molecule has 1 saturated heterocycles. The van der Waals surface area contributed by atoms with Gasteiger partial charge < -0.3 is 20.3 Å². The Morgan fingerprint density at radius 1 is 1.13 bits per heavy atom. The van der Waals surface area contributed by atoms with E-state index in [9.17, 15) is 15.0 Å². The third-order valence-electron chi connectivity index (χ3n) is 8.02. The molecule has 3 N–H and O–H groups in total. The van der Waals surface area contributed by atoms with Crippen LogP contribution in [0.2, 0.25) is 5.02 Å². The molecule has 2 aromatic carbocycles. The highest BCUT2D eigenvalue weighted by Gasteiger charge is 2.34. The average molecular weight is 548 g/mol. The van der Waals surface area contributed by atoms with E-state index in [-0.39, 0.29) is 23.9 Å². The van der Waals surface area contributed by atoms with Crippen molar-refractivity contribution in [2.45, 2.75) is 64.0 Å². The molecule has 0 radical (unpaired) electrons. The summed E-state index contributed by atoms with van der Waals surface area (Å²) in [6.07, 6.45) is 6.34. The van der Waals surface area contributed by atoms with Gasteiger partial charge in [-0.15, -0.1) is 10.2 Å². The van der Waals surface area contributed by atoms with E-state index < -0.39 is 11.5 Å². The van der Waals surface area contributed by atoms with E-state index in [4.69, 9.17) is 16.3 Å². The summed E-state index contributed by atoms with van der Waals surface area (Å²) in [5, 5.41) is 34.7. The van der Waals surface area contributed by atoms with E-state index >= 15 is 0 Å². The minimum atomic E-state index is -1.06. The van der Waals surface area contributed by atoms with Gasteiger partial charge in [0.15, 0.2) is 11.4 Å². The van der Waals surface area contributed by atoms with E-state index in [2.05, 4.69) is 27.4 Å². The Morgan fingerprint density at radius 2 is 1.90 bits per heavy atom. The third-order valence-corrected chi connectivity index (χ3v) is 8.27. The lowest BCUT2D eigenvalue weighted by Gasteiger charge is -2.33. The van der Waals surface area contributed by atoms with Crippen LogP contribution in [-0.2, 0) is 17.7 Å². The van der Waals surface area contributed by atoms with Crippen LogP contribution in [-0.4, -0.2) is 45.1 Å². The number of aromatic nitrogens is 2. The van der Waals surface area contributed by atoms with Gasteiger partial charge in [0.25, 0.3) is 5.91 Å². The molecule has 1 saturated carbocycles. The first kappa shape index (κ1) is 27.4. The zero-order valence-corrected chi connectivity index (χ0v) is 22.9. The van der Waals surface area contributed by atoms with E-state index in [1.165, 1.54) is 0 Å². The predicted octanol–water partition coefficient (Wildman–Crippen LogP) is 5.18. The molecular weight excluding hydrogens is 514 g/mol. The van der Waals surface area contributed by atoms with Crippen LogP contribution in [0.1, 0.15) is 72.6 Å². The number of halogens is 1. The average Bonchev–Trinajstić information content (AvgIpc) is 2.94. The van der Waals surface area contributed by atoms with Crippen LogP contribution >= 0.6 is 11.6 Å². The molecule has 7 nitrogen and oxygen atoms in total. The van der Waals surface area contributed by atoms with Crippen molar-refractivity contribution in [3.8, 4) is 17.6 Å². The summed E-state index contributed by atoms with van der Waals surface area (Å²) in [5.41, 5.74) is 1.68. The summed E-state index contributed by atoms with van der Waals surface area (Å²) in [7, 11) is 0. The maximum absolute atomic E-state index is 13.0. The van der Waals surface area contributed by atoms with Gasteiger partial charge in [-0.05, 0) is 85.8 Å². The molecule has 0 bridgehead atoms. The Kier molecular flexibility index (Phi) is 8.37. The summed E-state index contributed by atoms with van der Waals surface area (Å²) in [6, 6.07) is 11.0. The molecule has 1 aliphatic heterocycles. The molecule has 0 spiro atoms. The molecule has 39 heavy (non-hydrogen) atoms. The van der Waals surface area contributed by atoms with Gasteiger partial charge in [-0.2, -0.15) is 0 Å². The van der Waals surface area contributed by atoms with Crippen LogP contribution in [0, 0.1) is 23.7 Å². The summed E-state index contributed by atoms with van der Waals surface area (Å²) < 4.78 is 5.52. The van der Waals surface area contributed by atoms with Crippen LogP contribution in [0.4, 0.5) is 0 Å². The Morgan fingerprint density at radius 3 is 2.64 bits per heavy atom. The smallest absolute Gasteiger partial charge is 0.275 e. The van der Waals surface area contributed by atoms with Gasteiger partial charge in [0.2, 0.25) is 0 Å². The summed E-state index contributed by atoms with van der Waals surface area (Å²) in [5.74, 6) is 6.10. The third kappa shape index (κ3) is 6.36. The van der Waals surface area contributed by atoms with Gasteiger partial charge in [-0.1, -0.05) is 48.9 Å². The molecule has 2 heterocycles. The fourth-order valence-electron chi connectivity index (χ4n) is 5.47. The quantitative estimate of drug-likeness (QED) is 0.380. The zero-order valence-electron chi connectivity index (χ0n) is 22.2. The molecule has 1 aliphatic carbocycles. The highest BCUT2D eigenvalue weighted by atomic mass is 35.5. The van der Waals surface area contributed by atoms with Crippen molar-refractivity contribution >= 4 is 28.4 Å².